The second-order valence-corrected chi connectivity index (χ2v) is 15.8. The van der Waals surface area contributed by atoms with Crippen molar-refractivity contribution in [3.63, 3.8) is 0 Å². The molecule has 1 unspecified atom stereocenters. The highest BCUT2D eigenvalue weighted by Crippen LogP contribution is 2.49. The van der Waals surface area contributed by atoms with Crippen LogP contribution >= 0.6 is 0 Å². The lowest BCUT2D eigenvalue weighted by atomic mass is 9.70. The smallest absolute Gasteiger partial charge is 0.282 e. The molecule has 7 rings (SSSR count). The van der Waals surface area contributed by atoms with Crippen molar-refractivity contribution >= 4 is 17.6 Å². The van der Waals surface area contributed by atoms with E-state index in [1.807, 2.05) is 27.7 Å². The molecule has 5 aliphatic rings. The minimum Gasteiger partial charge on any atom is -0.434 e. The summed E-state index contributed by atoms with van der Waals surface area (Å²) in [5.74, 6) is 1.13. The third-order valence-electron chi connectivity index (χ3n) is 11.8. The molecule has 1 saturated carbocycles. The SMILES string of the molecule is CC(C)N(C(=O)c1cc(F)ccc1Oc1nncnc1N1CC2(CCN(CC3CCC4(CC3)CC3(CCOC3)C(=O)N4)CC2)C1)C(C)C. The van der Waals surface area contributed by atoms with Gasteiger partial charge >= 0.3 is 0 Å². The molecule has 3 spiro atoms. The van der Waals surface area contributed by atoms with Gasteiger partial charge in [-0.2, -0.15) is 0 Å². The molecule has 0 bridgehead atoms. The summed E-state index contributed by atoms with van der Waals surface area (Å²) in [6.07, 6.45) is 9.99. The van der Waals surface area contributed by atoms with Gasteiger partial charge in [0.05, 0.1) is 17.6 Å². The van der Waals surface area contributed by atoms with E-state index >= 15 is 0 Å². The summed E-state index contributed by atoms with van der Waals surface area (Å²) in [6.45, 7) is 14.1. The molecule has 1 N–H and O–H groups in total. The molecule has 12 heteroatoms. The molecule has 0 radical (unpaired) electrons. The first-order valence-corrected chi connectivity index (χ1v) is 17.8. The predicted octanol–water partition coefficient (Wildman–Crippen LogP) is 4.82. The fourth-order valence-electron chi connectivity index (χ4n) is 9.20. The zero-order chi connectivity index (χ0) is 33.7. The van der Waals surface area contributed by atoms with Gasteiger partial charge in [0.2, 0.25) is 5.91 Å². The van der Waals surface area contributed by atoms with Crippen LogP contribution in [0.25, 0.3) is 0 Å². The Kier molecular flexibility index (Phi) is 8.85. The Hall–Kier alpha value is -3.38. The molecular formula is C36H50FN7O4. The van der Waals surface area contributed by atoms with E-state index in [1.165, 1.54) is 37.4 Å². The normalized spacial score (nSPS) is 28.4. The van der Waals surface area contributed by atoms with E-state index in [2.05, 4.69) is 30.3 Å². The van der Waals surface area contributed by atoms with Crippen molar-refractivity contribution in [2.75, 3.05) is 50.8 Å². The Bertz CT molecular complexity index is 1500. The summed E-state index contributed by atoms with van der Waals surface area (Å²) in [4.78, 5) is 37.4. The van der Waals surface area contributed by atoms with Gasteiger partial charge in [-0.25, -0.2) is 9.37 Å². The fraction of sp³-hybridized carbons (Fsp3) is 0.694. The van der Waals surface area contributed by atoms with Crippen molar-refractivity contribution in [3.8, 4) is 11.6 Å². The standard InChI is InChI=1S/C36H50FN7O4/c1-24(2)44(25(3)4)32(45)28-17-27(37)5-6-29(28)48-31-30(38-23-39-41-31)43-20-34(21-43)11-14-42(15-12-34)18-26-7-9-36(10-8-26)19-35(33(46)40-36)13-16-47-22-35/h5-6,17,23-26H,7-16,18-22H2,1-4H3,(H,40,46). The second kappa shape index (κ2) is 12.8. The molecule has 1 aliphatic carbocycles. The molecule has 4 saturated heterocycles. The van der Waals surface area contributed by atoms with Crippen LogP contribution in [0.15, 0.2) is 24.5 Å². The maximum absolute atomic E-state index is 14.4. The number of aromatic nitrogens is 3. The number of likely N-dealkylation sites (tertiary alicyclic amines) is 1. The monoisotopic (exact) mass is 663 g/mol. The van der Waals surface area contributed by atoms with Crippen molar-refractivity contribution in [2.45, 2.75) is 96.7 Å². The number of carbonyl (C=O) groups is 2. The number of ether oxygens (including phenoxy) is 2. The molecule has 1 aromatic heterocycles. The summed E-state index contributed by atoms with van der Waals surface area (Å²) in [7, 11) is 0. The predicted molar refractivity (Wildman–Crippen MR) is 178 cm³/mol. The van der Waals surface area contributed by atoms with E-state index in [0.717, 1.165) is 71.2 Å². The van der Waals surface area contributed by atoms with Crippen LogP contribution in [0.2, 0.25) is 0 Å². The van der Waals surface area contributed by atoms with E-state index in [4.69, 9.17) is 9.47 Å². The molecule has 1 atom stereocenters. The van der Waals surface area contributed by atoms with Crippen LogP contribution < -0.4 is 15.0 Å². The summed E-state index contributed by atoms with van der Waals surface area (Å²) in [5.41, 5.74) is 0.0883. The van der Waals surface area contributed by atoms with Crippen molar-refractivity contribution in [2.24, 2.45) is 16.7 Å². The van der Waals surface area contributed by atoms with Crippen LogP contribution in [0.4, 0.5) is 10.2 Å². The molecule has 5 heterocycles. The highest BCUT2D eigenvalue weighted by molar-refractivity contribution is 5.97. The van der Waals surface area contributed by atoms with Gasteiger partial charge in [0.1, 0.15) is 17.9 Å². The van der Waals surface area contributed by atoms with E-state index in [1.54, 1.807) is 4.90 Å². The van der Waals surface area contributed by atoms with Crippen LogP contribution in [0.1, 0.15) is 89.4 Å². The third kappa shape index (κ3) is 6.26. The summed E-state index contributed by atoms with van der Waals surface area (Å²) in [5, 5.41) is 11.6. The minimum absolute atomic E-state index is 0.0165. The highest BCUT2D eigenvalue weighted by Gasteiger charge is 2.56. The first kappa shape index (κ1) is 33.1. The Morgan fingerprint density at radius 3 is 2.50 bits per heavy atom. The number of halogens is 1. The molecule has 260 valence electrons. The Morgan fingerprint density at radius 2 is 1.83 bits per heavy atom. The number of amides is 2. The van der Waals surface area contributed by atoms with Crippen molar-refractivity contribution in [1.82, 2.24) is 30.3 Å². The van der Waals surface area contributed by atoms with E-state index < -0.39 is 5.82 Å². The van der Waals surface area contributed by atoms with Gasteiger partial charge in [-0.3, -0.25) is 9.59 Å². The lowest BCUT2D eigenvalue weighted by Gasteiger charge is -2.54. The quantitative estimate of drug-likeness (QED) is 0.425. The number of nitrogens with one attached hydrogen (secondary N) is 1. The second-order valence-electron chi connectivity index (χ2n) is 15.8. The Balaban J connectivity index is 0.932. The number of hydrogen-bond acceptors (Lipinski definition) is 9. The average molecular weight is 664 g/mol. The number of carbonyl (C=O) groups excluding carboxylic acids is 2. The van der Waals surface area contributed by atoms with Gasteiger partial charge in [0, 0.05) is 49.3 Å². The van der Waals surface area contributed by atoms with Gasteiger partial charge in [0.15, 0.2) is 5.82 Å². The van der Waals surface area contributed by atoms with Crippen molar-refractivity contribution in [3.05, 3.63) is 35.9 Å². The molecule has 2 amide bonds. The lowest BCUT2D eigenvalue weighted by molar-refractivity contribution is -0.127. The molecule has 11 nitrogen and oxygen atoms in total. The lowest BCUT2D eigenvalue weighted by Crippen LogP contribution is -2.61. The fourth-order valence-corrected chi connectivity index (χ4v) is 9.20. The van der Waals surface area contributed by atoms with Crippen LogP contribution in [-0.4, -0.2) is 100 Å². The topological polar surface area (TPSA) is 113 Å². The average Bonchev–Trinajstić information content (AvgIpc) is 3.62. The molecule has 2 aromatic rings. The molecule has 48 heavy (non-hydrogen) atoms. The van der Waals surface area contributed by atoms with Crippen LogP contribution in [0.3, 0.4) is 0 Å². The maximum atomic E-state index is 14.4. The maximum Gasteiger partial charge on any atom is 0.282 e. The highest BCUT2D eigenvalue weighted by atomic mass is 19.1. The Morgan fingerprint density at radius 1 is 1.10 bits per heavy atom. The van der Waals surface area contributed by atoms with E-state index in [0.29, 0.717) is 24.9 Å². The Labute approximate surface area is 282 Å². The molecule has 4 aliphatic heterocycles. The summed E-state index contributed by atoms with van der Waals surface area (Å²) in [6, 6.07) is 3.86. The zero-order valence-electron chi connectivity index (χ0n) is 28.8. The summed E-state index contributed by atoms with van der Waals surface area (Å²) < 4.78 is 26.2. The minimum atomic E-state index is -0.505. The van der Waals surface area contributed by atoms with Gasteiger partial charge in [-0.15, -0.1) is 10.2 Å². The number of piperidine rings is 1. The number of anilines is 1. The zero-order valence-corrected chi connectivity index (χ0v) is 28.8. The van der Waals surface area contributed by atoms with Crippen molar-refractivity contribution in [1.29, 1.82) is 0 Å². The molecule has 1 aromatic carbocycles. The third-order valence-corrected chi connectivity index (χ3v) is 11.8. The van der Waals surface area contributed by atoms with Gasteiger partial charge in [0.25, 0.3) is 11.8 Å². The number of benzene rings is 1. The van der Waals surface area contributed by atoms with Crippen LogP contribution in [0.5, 0.6) is 11.6 Å². The first-order valence-electron chi connectivity index (χ1n) is 17.8. The van der Waals surface area contributed by atoms with Crippen LogP contribution in [0, 0.1) is 22.6 Å². The van der Waals surface area contributed by atoms with Gasteiger partial charge < -0.3 is 29.5 Å². The number of rotatable bonds is 8. The molecular weight excluding hydrogens is 613 g/mol. The van der Waals surface area contributed by atoms with Crippen molar-refractivity contribution < 1.29 is 23.5 Å². The first-order chi connectivity index (χ1) is 23.0. The van der Waals surface area contributed by atoms with Gasteiger partial charge in [-0.1, -0.05) is 0 Å². The largest absolute Gasteiger partial charge is 0.434 e. The van der Waals surface area contributed by atoms with Gasteiger partial charge in [-0.05, 0) is 116 Å². The van der Waals surface area contributed by atoms with Crippen LogP contribution in [-0.2, 0) is 9.53 Å². The summed E-state index contributed by atoms with van der Waals surface area (Å²) >= 11 is 0. The van der Waals surface area contributed by atoms with E-state index in [-0.39, 0.29) is 57.5 Å². The van der Waals surface area contributed by atoms with E-state index in [9.17, 15) is 14.0 Å². The number of nitrogens with zero attached hydrogens (tertiary/aromatic N) is 6. The molecule has 5 fully saturated rings. The number of hydrogen-bond donors (Lipinski definition) is 1.